The number of nitrogens with one attached hydrogen (secondary N) is 1. The minimum absolute atomic E-state index is 0.204. The first-order chi connectivity index (χ1) is 12.1. The molecule has 0 radical (unpaired) electrons. The van der Waals surface area contributed by atoms with E-state index < -0.39 is 0 Å². The summed E-state index contributed by atoms with van der Waals surface area (Å²) >= 11 is 0. The van der Waals surface area contributed by atoms with Crippen LogP contribution < -0.4 is 10.2 Å². The van der Waals surface area contributed by atoms with Crippen molar-refractivity contribution < 1.29 is 4.79 Å². The predicted octanol–water partition coefficient (Wildman–Crippen LogP) is 4.48. The molecule has 0 saturated heterocycles. The van der Waals surface area contributed by atoms with Gasteiger partial charge in [-0.25, -0.2) is 9.97 Å². The highest BCUT2D eigenvalue weighted by Gasteiger charge is 2.15. The number of carbonyl (C=O) groups excluding carboxylic acids is 1. The fourth-order valence-corrected chi connectivity index (χ4v) is 2.78. The first-order valence-corrected chi connectivity index (χ1v) is 9.05. The molecule has 0 aliphatic rings. The second kappa shape index (κ2) is 9.16. The van der Waals surface area contributed by atoms with Gasteiger partial charge in [0.2, 0.25) is 5.95 Å². The zero-order chi connectivity index (χ0) is 18.2. The molecular formula is C20H28N4O. The molecule has 0 fully saturated rings. The van der Waals surface area contributed by atoms with Gasteiger partial charge in [-0.05, 0) is 36.5 Å². The van der Waals surface area contributed by atoms with Gasteiger partial charge in [-0.3, -0.25) is 4.79 Å². The minimum Gasteiger partial charge on any atom is -0.341 e. The van der Waals surface area contributed by atoms with E-state index in [1.54, 1.807) is 12.3 Å². The van der Waals surface area contributed by atoms with Gasteiger partial charge in [0.05, 0.1) is 0 Å². The monoisotopic (exact) mass is 340 g/mol. The molecule has 0 unspecified atom stereocenters. The van der Waals surface area contributed by atoms with Crippen molar-refractivity contribution in [3.8, 4) is 0 Å². The summed E-state index contributed by atoms with van der Waals surface area (Å²) in [4.78, 5) is 23.6. The van der Waals surface area contributed by atoms with Gasteiger partial charge >= 0.3 is 0 Å². The smallest absolute Gasteiger partial charge is 0.274 e. The van der Waals surface area contributed by atoms with E-state index in [4.69, 9.17) is 0 Å². The SMILES string of the molecule is CCCN(CCC)c1nccc(C(=O)Nc2ccccc2C(C)C)n1. The van der Waals surface area contributed by atoms with Crippen molar-refractivity contribution in [2.24, 2.45) is 0 Å². The molecular weight excluding hydrogens is 312 g/mol. The van der Waals surface area contributed by atoms with E-state index in [2.05, 4.69) is 47.9 Å². The van der Waals surface area contributed by atoms with Crippen LogP contribution in [0.15, 0.2) is 36.5 Å². The van der Waals surface area contributed by atoms with Crippen molar-refractivity contribution >= 4 is 17.5 Å². The molecule has 1 heterocycles. The lowest BCUT2D eigenvalue weighted by molar-refractivity contribution is 0.102. The Morgan fingerprint density at radius 2 is 1.80 bits per heavy atom. The van der Waals surface area contributed by atoms with Gasteiger partial charge < -0.3 is 10.2 Å². The van der Waals surface area contributed by atoms with Crippen molar-refractivity contribution in [2.75, 3.05) is 23.3 Å². The zero-order valence-electron chi connectivity index (χ0n) is 15.6. The number of hydrogen-bond acceptors (Lipinski definition) is 4. The molecule has 2 aromatic rings. The van der Waals surface area contributed by atoms with E-state index in [1.807, 2.05) is 24.3 Å². The summed E-state index contributed by atoms with van der Waals surface area (Å²) in [5.74, 6) is 0.750. The van der Waals surface area contributed by atoms with Crippen molar-refractivity contribution in [1.82, 2.24) is 9.97 Å². The van der Waals surface area contributed by atoms with Gasteiger partial charge in [0.1, 0.15) is 5.69 Å². The van der Waals surface area contributed by atoms with Crippen LogP contribution in [0.2, 0.25) is 0 Å². The van der Waals surface area contributed by atoms with E-state index in [-0.39, 0.29) is 5.91 Å². The number of nitrogens with zero attached hydrogens (tertiary/aromatic N) is 3. The van der Waals surface area contributed by atoms with E-state index >= 15 is 0 Å². The molecule has 1 amide bonds. The maximum absolute atomic E-state index is 12.7. The normalized spacial score (nSPS) is 10.8. The Bertz CT molecular complexity index is 694. The Morgan fingerprint density at radius 1 is 1.12 bits per heavy atom. The predicted molar refractivity (Wildman–Crippen MR) is 103 cm³/mol. The second-order valence-corrected chi connectivity index (χ2v) is 6.43. The van der Waals surface area contributed by atoms with Gasteiger partial charge in [0, 0.05) is 25.0 Å². The van der Waals surface area contributed by atoms with Crippen LogP contribution in [0.3, 0.4) is 0 Å². The summed E-state index contributed by atoms with van der Waals surface area (Å²) < 4.78 is 0. The lowest BCUT2D eigenvalue weighted by atomic mass is 10.0. The fraction of sp³-hybridized carbons (Fsp3) is 0.450. The molecule has 2 rings (SSSR count). The lowest BCUT2D eigenvalue weighted by Crippen LogP contribution is -2.28. The van der Waals surface area contributed by atoms with Gasteiger partial charge in [0.25, 0.3) is 5.91 Å². The molecule has 0 bridgehead atoms. The Labute approximate surface area is 150 Å². The number of para-hydroxylation sites is 1. The molecule has 5 nitrogen and oxygen atoms in total. The number of carbonyl (C=O) groups is 1. The number of anilines is 2. The average Bonchev–Trinajstić information content (AvgIpc) is 2.62. The highest BCUT2D eigenvalue weighted by molar-refractivity contribution is 6.03. The molecule has 1 aromatic heterocycles. The Balaban J connectivity index is 2.21. The van der Waals surface area contributed by atoms with Crippen LogP contribution in [0.4, 0.5) is 11.6 Å². The third kappa shape index (κ3) is 5.02. The molecule has 0 aliphatic heterocycles. The molecule has 0 spiro atoms. The summed E-state index contributed by atoms with van der Waals surface area (Å²) in [7, 11) is 0. The van der Waals surface area contributed by atoms with Crippen LogP contribution in [-0.2, 0) is 0 Å². The summed E-state index contributed by atoms with van der Waals surface area (Å²) in [5.41, 5.74) is 2.34. The molecule has 25 heavy (non-hydrogen) atoms. The van der Waals surface area contributed by atoms with E-state index in [9.17, 15) is 4.79 Å². The van der Waals surface area contributed by atoms with Crippen LogP contribution in [0.1, 0.15) is 62.5 Å². The highest BCUT2D eigenvalue weighted by atomic mass is 16.1. The first kappa shape index (κ1) is 18.9. The number of amides is 1. The third-order valence-corrected chi connectivity index (χ3v) is 3.98. The number of benzene rings is 1. The molecule has 0 saturated carbocycles. The zero-order valence-corrected chi connectivity index (χ0v) is 15.6. The van der Waals surface area contributed by atoms with Crippen molar-refractivity contribution in [2.45, 2.75) is 46.5 Å². The minimum atomic E-state index is -0.204. The topological polar surface area (TPSA) is 58.1 Å². The maximum atomic E-state index is 12.7. The molecule has 134 valence electrons. The van der Waals surface area contributed by atoms with Crippen LogP contribution in [-0.4, -0.2) is 29.0 Å². The quantitative estimate of drug-likeness (QED) is 0.770. The molecule has 1 N–H and O–H groups in total. The molecule has 5 heteroatoms. The Morgan fingerprint density at radius 3 is 2.44 bits per heavy atom. The molecule has 0 atom stereocenters. The summed E-state index contributed by atoms with van der Waals surface area (Å²) in [6.45, 7) is 10.2. The number of aromatic nitrogens is 2. The maximum Gasteiger partial charge on any atom is 0.274 e. The number of rotatable bonds is 8. The molecule has 1 aromatic carbocycles. The summed E-state index contributed by atoms with van der Waals surface area (Å²) in [5, 5.41) is 2.99. The highest BCUT2D eigenvalue weighted by Crippen LogP contribution is 2.24. The van der Waals surface area contributed by atoms with E-state index in [0.717, 1.165) is 37.2 Å². The standard InChI is InChI=1S/C20H28N4O/c1-5-13-24(14-6-2)20-21-12-11-18(23-20)19(25)22-17-10-8-7-9-16(17)15(3)4/h7-12,15H,5-6,13-14H2,1-4H3,(H,22,25). The lowest BCUT2D eigenvalue weighted by Gasteiger charge is -2.21. The average molecular weight is 340 g/mol. The second-order valence-electron chi connectivity index (χ2n) is 6.43. The molecule has 0 aliphatic carbocycles. The third-order valence-electron chi connectivity index (χ3n) is 3.98. The van der Waals surface area contributed by atoms with E-state index in [0.29, 0.717) is 17.6 Å². The van der Waals surface area contributed by atoms with Crippen LogP contribution in [0, 0.1) is 0 Å². The van der Waals surface area contributed by atoms with Gasteiger partial charge in [-0.1, -0.05) is 45.9 Å². The van der Waals surface area contributed by atoms with Crippen LogP contribution in [0.25, 0.3) is 0 Å². The Hall–Kier alpha value is -2.43. The van der Waals surface area contributed by atoms with Crippen LogP contribution >= 0.6 is 0 Å². The van der Waals surface area contributed by atoms with Gasteiger partial charge in [-0.2, -0.15) is 0 Å². The summed E-state index contributed by atoms with van der Waals surface area (Å²) in [6.07, 6.45) is 3.69. The summed E-state index contributed by atoms with van der Waals surface area (Å²) in [6, 6.07) is 9.54. The Kier molecular flexibility index (Phi) is 6.92. The van der Waals surface area contributed by atoms with Gasteiger partial charge in [0.15, 0.2) is 0 Å². The number of hydrogen-bond donors (Lipinski definition) is 1. The first-order valence-electron chi connectivity index (χ1n) is 9.05. The largest absolute Gasteiger partial charge is 0.341 e. The van der Waals surface area contributed by atoms with Crippen molar-refractivity contribution in [1.29, 1.82) is 0 Å². The van der Waals surface area contributed by atoms with Crippen LogP contribution in [0.5, 0.6) is 0 Å². The van der Waals surface area contributed by atoms with E-state index in [1.165, 1.54) is 0 Å². The fourth-order valence-electron chi connectivity index (χ4n) is 2.78. The van der Waals surface area contributed by atoms with Crippen molar-refractivity contribution in [3.05, 3.63) is 47.8 Å². The van der Waals surface area contributed by atoms with Crippen molar-refractivity contribution in [3.63, 3.8) is 0 Å². The van der Waals surface area contributed by atoms with Gasteiger partial charge in [-0.15, -0.1) is 0 Å².